The van der Waals surface area contributed by atoms with Gasteiger partial charge >= 0.3 is 0 Å². The van der Waals surface area contributed by atoms with Crippen LogP contribution in [0.25, 0.3) is 0 Å². The highest BCUT2D eigenvalue weighted by Gasteiger charge is 2.13. The van der Waals surface area contributed by atoms with Crippen LogP contribution < -0.4 is 5.73 Å². The zero-order valence-electron chi connectivity index (χ0n) is 8.70. The third-order valence-electron chi connectivity index (χ3n) is 2.49. The largest absolute Gasteiger partial charge is 0.329 e. The van der Waals surface area contributed by atoms with Crippen molar-refractivity contribution in [3.05, 3.63) is 34.9 Å². The van der Waals surface area contributed by atoms with E-state index in [0.29, 0.717) is 6.54 Å². The first-order chi connectivity index (χ1) is 6.69. The molecule has 0 aliphatic heterocycles. The maximum Gasteiger partial charge on any atom is 0.0467 e. The number of nitrogens with zero attached hydrogens (tertiary/aromatic N) is 1. The minimum atomic E-state index is 0.263. The Morgan fingerprint density at radius 2 is 2.21 bits per heavy atom. The van der Waals surface area contributed by atoms with Gasteiger partial charge in [-0.25, -0.2) is 0 Å². The van der Waals surface area contributed by atoms with E-state index in [2.05, 4.69) is 24.9 Å². The molecule has 0 spiro atoms. The summed E-state index contributed by atoms with van der Waals surface area (Å²) in [6, 6.07) is 8.15. The average molecular weight is 213 g/mol. The first-order valence-corrected chi connectivity index (χ1v) is 5.22. The number of benzene rings is 1. The molecule has 14 heavy (non-hydrogen) atoms. The van der Waals surface area contributed by atoms with Crippen molar-refractivity contribution in [3.8, 4) is 0 Å². The monoisotopic (exact) mass is 212 g/mol. The lowest BCUT2D eigenvalue weighted by Crippen LogP contribution is -2.30. The molecule has 1 aromatic carbocycles. The fraction of sp³-hybridized carbons (Fsp3) is 0.455. The molecule has 0 aliphatic carbocycles. The fourth-order valence-corrected chi connectivity index (χ4v) is 1.70. The van der Waals surface area contributed by atoms with Gasteiger partial charge in [-0.3, -0.25) is 4.90 Å². The van der Waals surface area contributed by atoms with Crippen molar-refractivity contribution in [2.24, 2.45) is 5.73 Å². The van der Waals surface area contributed by atoms with Crippen molar-refractivity contribution in [2.75, 3.05) is 20.1 Å². The van der Waals surface area contributed by atoms with Crippen molar-refractivity contribution in [1.29, 1.82) is 0 Å². The zero-order valence-corrected chi connectivity index (χ0v) is 9.46. The number of nitrogens with two attached hydrogens (primary N) is 1. The van der Waals surface area contributed by atoms with Crippen LogP contribution in [0, 0.1) is 0 Å². The van der Waals surface area contributed by atoms with Crippen molar-refractivity contribution >= 4 is 11.6 Å². The molecule has 1 rings (SSSR count). The normalized spacial score (nSPS) is 13.2. The highest BCUT2D eigenvalue weighted by atomic mass is 35.5. The molecule has 0 saturated heterocycles. The van der Waals surface area contributed by atoms with Crippen LogP contribution >= 0.6 is 11.6 Å². The minimum absolute atomic E-state index is 0.263. The van der Waals surface area contributed by atoms with Gasteiger partial charge < -0.3 is 5.73 Å². The molecule has 0 aromatic heterocycles. The van der Waals surface area contributed by atoms with Gasteiger partial charge in [0.1, 0.15) is 0 Å². The maximum atomic E-state index is 5.93. The molecule has 0 aliphatic rings. The summed E-state index contributed by atoms with van der Waals surface area (Å²) < 4.78 is 0. The van der Waals surface area contributed by atoms with Crippen LogP contribution in [-0.2, 0) is 0 Å². The molecule has 0 radical (unpaired) electrons. The first kappa shape index (κ1) is 11.5. The van der Waals surface area contributed by atoms with Crippen molar-refractivity contribution in [2.45, 2.75) is 13.0 Å². The standard InChI is InChI=1S/C11H17ClN2/c1-3-14(2)11(8-13)9-5-4-6-10(12)7-9/h4-7,11H,3,8,13H2,1-2H3. The van der Waals surface area contributed by atoms with Gasteiger partial charge in [0.2, 0.25) is 0 Å². The quantitative estimate of drug-likeness (QED) is 0.830. The van der Waals surface area contributed by atoms with E-state index in [1.54, 1.807) is 0 Å². The molecular weight excluding hydrogens is 196 g/mol. The zero-order chi connectivity index (χ0) is 10.6. The summed E-state index contributed by atoms with van der Waals surface area (Å²) in [4.78, 5) is 2.21. The Balaban J connectivity index is 2.89. The van der Waals surface area contributed by atoms with Crippen molar-refractivity contribution in [1.82, 2.24) is 4.90 Å². The maximum absolute atomic E-state index is 5.93. The Bertz CT molecular complexity index is 288. The number of rotatable bonds is 4. The SMILES string of the molecule is CCN(C)C(CN)c1cccc(Cl)c1. The Hall–Kier alpha value is -0.570. The number of hydrogen-bond donors (Lipinski definition) is 1. The Labute approximate surface area is 90.7 Å². The van der Waals surface area contributed by atoms with Gasteiger partial charge in [0, 0.05) is 17.6 Å². The summed E-state index contributed by atoms with van der Waals surface area (Å²) in [6.45, 7) is 3.71. The minimum Gasteiger partial charge on any atom is -0.329 e. The third-order valence-corrected chi connectivity index (χ3v) is 2.72. The van der Waals surface area contributed by atoms with Crippen LogP contribution in [0.15, 0.2) is 24.3 Å². The Morgan fingerprint density at radius 1 is 1.50 bits per heavy atom. The summed E-state index contributed by atoms with van der Waals surface area (Å²) in [5, 5.41) is 0.769. The van der Waals surface area contributed by atoms with Gasteiger partial charge in [-0.05, 0) is 31.3 Å². The van der Waals surface area contributed by atoms with E-state index in [1.165, 1.54) is 5.56 Å². The molecule has 0 amide bonds. The summed E-state index contributed by atoms with van der Waals surface area (Å²) in [5.74, 6) is 0. The summed E-state index contributed by atoms with van der Waals surface area (Å²) in [6.07, 6.45) is 0. The van der Waals surface area contributed by atoms with Crippen LogP contribution in [0.4, 0.5) is 0 Å². The molecule has 0 saturated carbocycles. The summed E-state index contributed by atoms with van der Waals surface area (Å²) in [5.41, 5.74) is 6.93. The number of likely N-dealkylation sites (N-methyl/N-ethyl adjacent to an activating group) is 1. The van der Waals surface area contributed by atoms with Gasteiger partial charge in [0.25, 0.3) is 0 Å². The highest BCUT2D eigenvalue weighted by molar-refractivity contribution is 6.30. The highest BCUT2D eigenvalue weighted by Crippen LogP contribution is 2.20. The molecule has 2 N–H and O–H groups in total. The molecule has 0 fully saturated rings. The van der Waals surface area contributed by atoms with Gasteiger partial charge in [-0.1, -0.05) is 30.7 Å². The van der Waals surface area contributed by atoms with E-state index in [4.69, 9.17) is 17.3 Å². The summed E-state index contributed by atoms with van der Waals surface area (Å²) >= 11 is 5.93. The molecular formula is C11H17ClN2. The molecule has 1 aromatic rings. The van der Waals surface area contributed by atoms with Crippen LogP contribution in [0.5, 0.6) is 0 Å². The van der Waals surface area contributed by atoms with E-state index in [0.717, 1.165) is 11.6 Å². The van der Waals surface area contributed by atoms with Crippen LogP contribution in [0.1, 0.15) is 18.5 Å². The smallest absolute Gasteiger partial charge is 0.0467 e. The Kier molecular flexibility index (Phi) is 4.39. The lowest BCUT2D eigenvalue weighted by molar-refractivity contribution is 0.263. The first-order valence-electron chi connectivity index (χ1n) is 4.84. The van der Waals surface area contributed by atoms with Gasteiger partial charge in [0.05, 0.1) is 0 Å². The molecule has 0 bridgehead atoms. The Morgan fingerprint density at radius 3 is 2.71 bits per heavy atom. The molecule has 1 atom stereocenters. The predicted molar refractivity (Wildman–Crippen MR) is 61.6 cm³/mol. The number of hydrogen-bond acceptors (Lipinski definition) is 2. The second-order valence-corrected chi connectivity index (χ2v) is 3.82. The van der Waals surface area contributed by atoms with Crippen LogP contribution in [0.2, 0.25) is 5.02 Å². The van der Waals surface area contributed by atoms with E-state index in [1.807, 2.05) is 18.2 Å². The second-order valence-electron chi connectivity index (χ2n) is 3.38. The summed E-state index contributed by atoms with van der Waals surface area (Å²) in [7, 11) is 2.07. The number of halogens is 1. The van der Waals surface area contributed by atoms with E-state index >= 15 is 0 Å². The fourth-order valence-electron chi connectivity index (χ4n) is 1.50. The van der Waals surface area contributed by atoms with Gasteiger partial charge in [-0.15, -0.1) is 0 Å². The lowest BCUT2D eigenvalue weighted by Gasteiger charge is -2.26. The van der Waals surface area contributed by atoms with Gasteiger partial charge in [0.15, 0.2) is 0 Å². The van der Waals surface area contributed by atoms with Crippen LogP contribution in [-0.4, -0.2) is 25.0 Å². The molecule has 1 unspecified atom stereocenters. The van der Waals surface area contributed by atoms with Crippen LogP contribution in [0.3, 0.4) is 0 Å². The van der Waals surface area contributed by atoms with Crippen molar-refractivity contribution in [3.63, 3.8) is 0 Å². The van der Waals surface area contributed by atoms with Gasteiger partial charge in [-0.2, -0.15) is 0 Å². The molecule has 2 nitrogen and oxygen atoms in total. The molecule has 3 heteroatoms. The van der Waals surface area contributed by atoms with Crippen molar-refractivity contribution < 1.29 is 0 Å². The second kappa shape index (κ2) is 5.35. The van der Waals surface area contributed by atoms with E-state index in [9.17, 15) is 0 Å². The van der Waals surface area contributed by atoms with E-state index < -0.39 is 0 Å². The third kappa shape index (κ3) is 2.71. The molecule has 78 valence electrons. The van der Waals surface area contributed by atoms with E-state index in [-0.39, 0.29) is 6.04 Å². The lowest BCUT2D eigenvalue weighted by atomic mass is 10.1. The average Bonchev–Trinajstić information content (AvgIpc) is 2.19. The predicted octanol–water partition coefficient (Wildman–Crippen LogP) is 2.29. The topological polar surface area (TPSA) is 29.3 Å². The molecule has 0 heterocycles.